The van der Waals surface area contributed by atoms with Gasteiger partial charge in [-0.1, -0.05) is 12.1 Å². The maximum absolute atomic E-state index is 12.7. The van der Waals surface area contributed by atoms with Crippen LogP contribution >= 0.6 is 0 Å². The van der Waals surface area contributed by atoms with E-state index in [0.717, 1.165) is 60.7 Å². The average molecular weight is 1010 g/mol. The van der Waals surface area contributed by atoms with Crippen molar-refractivity contribution in [2.75, 3.05) is 36.2 Å². The number of carboxylic acids is 1. The zero-order valence-electron chi connectivity index (χ0n) is 33.2. The van der Waals surface area contributed by atoms with E-state index in [-0.39, 0.29) is 139 Å². The molecule has 0 aromatic heterocycles. The fourth-order valence-corrected chi connectivity index (χ4v) is 8.12. The van der Waals surface area contributed by atoms with Crippen molar-refractivity contribution in [2.45, 2.75) is 14.7 Å². The summed E-state index contributed by atoms with van der Waals surface area (Å²) in [5.41, 5.74) is 7.99. The van der Waals surface area contributed by atoms with Gasteiger partial charge in [0.15, 0.2) is 19.7 Å². The minimum atomic E-state index is -4.90. The number of rotatable bonds is 18. The number of nitrogens with two attached hydrogens (primary N) is 2. The van der Waals surface area contributed by atoms with Crippen LogP contribution in [0.2, 0.25) is 0 Å². The Balaban J connectivity index is 0.00000961. The number of nitrogen functional groups attached to an aromatic ring is 2. The molecule has 0 saturated heterocycles. The largest absolute Gasteiger partial charge is 0.478 e. The predicted octanol–water partition coefficient (Wildman–Crippen LogP) is 2.71. The minimum absolute atomic E-state index is 0. The van der Waals surface area contributed by atoms with Crippen molar-refractivity contribution < 1.29 is 74.0 Å². The van der Waals surface area contributed by atoms with Crippen molar-refractivity contribution in [1.29, 1.82) is 0 Å². The molecule has 0 atom stereocenters. The molecule has 34 heteroatoms. The Kier molecular flexibility index (Phi) is 24.8. The molecule has 0 amide bonds. The van der Waals surface area contributed by atoms with Crippen molar-refractivity contribution in [2.24, 2.45) is 30.7 Å². The maximum Gasteiger partial charge on any atom is 0.397 e. The number of carbonyl (C=O) groups is 1. The topological polar surface area (TPSA) is 413 Å². The molecule has 4 radical (unpaired) electrons. The number of hydrogen-bond donors (Lipinski definition) is 6. The van der Waals surface area contributed by atoms with Gasteiger partial charge in [0, 0.05) is 118 Å². The van der Waals surface area contributed by atoms with Crippen LogP contribution in [0.3, 0.4) is 0 Å². The van der Waals surface area contributed by atoms with Gasteiger partial charge in [0.05, 0.1) is 57.3 Å². The summed E-state index contributed by atoms with van der Waals surface area (Å²) in [5.74, 6) is -3.46. The normalized spacial score (nSPS) is 12.3. The summed E-state index contributed by atoms with van der Waals surface area (Å²) < 4.78 is 152. The van der Waals surface area contributed by atoms with Crippen molar-refractivity contribution >= 4 is 220 Å². The number of hydrogen-bond acceptors (Lipinski definition) is 21. The summed E-state index contributed by atoms with van der Waals surface area (Å²) in [7, 11) is -22.9. The van der Waals surface area contributed by atoms with E-state index in [1.165, 1.54) is 12.1 Å². The van der Waals surface area contributed by atoms with Gasteiger partial charge in [-0.2, -0.15) is 35.5 Å². The molecule has 8 N–H and O–H groups in total. The summed E-state index contributed by atoms with van der Waals surface area (Å²) in [6.45, 7) is -1.79. The Morgan fingerprint density at radius 3 is 1.25 bits per heavy atom. The Morgan fingerprint density at radius 2 is 0.889 bits per heavy atom. The van der Waals surface area contributed by atoms with Gasteiger partial charge in [0.25, 0.3) is 10.1 Å². The van der Waals surface area contributed by atoms with E-state index < -0.39 is 126 Å². The number of benzene rings is 4. The number of azo groups is 3. The van der Waals surface area contributed by atoms with Gasteiger partial charge in [0.1, 0.15) is 33.2 Å². The summed E-state index contributed by atoms with van der Waals surface area (Å²) in [5, 5.41) is 33.6. The van der Waals surface area contributed by atoms with Crippen LogP contribution in [0.15, 0.2) is 118 Å². The van der Waals surface area contributed by atoms with Gasteiger partial charge in [0.2, 0.25) is 0 Å². The molecule has 25 nitrogen and oxygen atoms in total. The van der Waals surface area contributed by atoms with Crippen molar-refractivity contribution in [3.8, 4) is 0 Å². The first-order chi connectivity index (χ1) is 27.3. The van der Waals surface area contributed by atoms with Gasteiger partial charge in [-0.25, -0.2) is 30.0 Å². The molecule has 4 rings (SSSR count). The standard InChI is InChI=1S/C29H28N8O17S5.4Na/c30-24-26(35-32-17-5-9-19(10-6-17)55(40,41)15-13-53-58(47,48)49)23(29(38)39)27(36-34-21-3-1-2-4-22(21)57(44,45)46)25(31)28(24)37-33-18-7-11-20(12-8-18)56(42,43)16-14-54-59(50,51)52;;;;/h1-12H,13-16,30-31H2,(H,38,39)(H,44,45,46)(H,47,48,49)(H,50,51,52);;;;. The first-order valence-electron chi connectivity index (χ1n) is 15.5. The van der Waals surface area contributed by atoms with E-state index in [9.17, 15) is 56.5 Å². The zero-order chi connectivity index (χ0) is 44.0. The molecule has 0 bridgehead atoms. The minimum Gasteiger partial charge on any atom is -0.478 e. The van der Waals surface area contributed by atoms with Crippen molar-refractivity contribution in [3.05, 3.63) is 78.4 Å². The second-order valence-corrected chi connectivity index (χ2v) is 19.0. The second-order valence-electron chi connectivity index (χ2n) is 11.2. The van der Waals surface area contributed by atoms with Crippen LogP contribution in [0.1, 0.15) is 10.4 Å². The van der Waals surface area contributed by atoms with Crippen LogP contribution in [0.4, 0.5) is 45.5 Å². The van der Waals surface area contributed by atoms with Gasteiger partial charge in [-0.15, -0.1) is 20.5 Å². The van der Waals surface area contributed by atoms with E-state index in [1.807, 2.05) is 0 Å². The third-order valence-corrected chi connectivity index (χ3v) is 12.4. The number of sulfone groups is 2. The molecule has 320 valence electrons. The molecule has 0 saturated carbocycles. The number of anilines is 2. The fraction of sp³-hybridized carbons (Fsp3) is 0.138. The Labute approximate surface area is 448 Å². The van der Waals surface area contributed by atoms with E-state index in [2.05, 4.69) is 39.1 Å². The number of nitrogens with zero attached hydrogens (tertiary/aromatic N) is 6. The molecule has 0 aliphatic rings. The van der Waals surface area contributed by atoms with Gasteiger partial charge in [-0.05, 0) is 60.7 Å². The summed E-state index contributed by atoms with van der Waals surface area (Å²) >= 11 is 0. The van der Waals surface area contributed by atoms with E-state index in [1.54, 1.807) is 0 Å². The molecule has 0 heterocycles. The SMILES string of the molecule is Nc1c(N=Nc2ccc(S(=O)(=O)CCOS(=O)(=O)O)cc2)c(N)c(N=Nc2ccccc2S(=O)(=O)O)c(C(=O)O)c1N=Nc1ccc(S(=O)(=O)CCOS(=O)(=O)O)cc1.[Na].[Na].[Na].[Na]. The Hall–Kier alpha value is -1.70. The van der Waals surface area contributed by atoms with Crippen LogP contribution < -0.4 is 11.5 Å². The molecule has 0 fully saturated rings. The van der Waals surface area contributed by atoms with Crippen LogP contribution in [0, 0.1) is 0 Å². The molecule has 0 unspecified atom stereocenters. The summed E-state index contributed by atoms with van der Waals surface area (Å²) in [6, 6.07) is 13.4. The second kappa shape index (κ2) is 25.4. The quantitative estimate of drug-likeness (QED) is 0.0361. The van der Waals surface area contributed by atoms with Gasteiger partial charge < -0.3 is 16.6 Å². The molecule has 4 aromatic rings. The zero-order valence-corrected chi connectivity index (χ0v) is 45.3. The Morgan fingerprint density at radius 1 is 0.524 bits per heavy atom. The fourth-order valence-electron chi connectivity index (χ4n) is 4.52. The van der Waals surface area contributed by atoms with E-state index in [4.69, 9.17) is 20.6 Å². The van der Waals surface area contributed by atoms with Crippen LogP contribution in [-0.2, 0) is 59.0 Å². The molecule has 0 aliphatic carbocycles. The Bertz CT molecular complexity index is 2950. The summed E-state index contributed by atoms with van der Waals surface area (Å²) in [4.78, 5) is 11.3. The predicted molar refractivity (Wildman–Crippen MR) is 226 cm³/mol. The summed E-state index contributed by atoms with van der Waals surface area (Å²) in [6.07, 6.45) is 0. The van der Waals surface area contributed by atoms with Gasteiger partial charge in [-0.3, -0.25) is 13.7 Å². The number of aromatic carboxylic acids is 1. The molecule has 4 aromatic carbocycles. The van der Waals surface area contributed by atoms with Crippen LogP contribution in [0.5, 0.6) is 0 Å². The molecular formula is C29H28N8Na4O17S5. The third-order valence-electron chi connectivity index (χ3n) is 7.20. The molecule has 63 heavy (non-hydrogen) atoms. The first kappa shape index (κ1) is 61.3. The smallest absolute Gasteiger partial charge is 0.397 e. The third kappa shape index (κ3) is 18.1. The van der Waals surface area contributed by atoms with Crippen molar-refractivity contribution in [1.82, 2.24) is 0 Å². The van der Waals surface area contributed by atoms with E-state index in [0.29, 0.717) is 0 Å². The number of carboxylic acid groups (broad SMARTS) is 1. The first-order valence-corrected chi connectivity index (χ1v) is 23.0. The molecule has 0 aliphatic heterocycles. The maximum atomic E-state index is 12.7. The van der Waals surface area contributed by atoms with Crippen LogP contribution in [0.25, 0.3) is 0 Å². The monoisotopic (exact) mass is 1010 g/mol. The van der Waals surface area contributed by atoms with Crippen molar-refractivity contribution in [3.63, 3.8) is 0 Å². The molecule has 0 spiro atoms. The average Bonchev–Trinajstić information content (AvgIpc) is 3.12. The molecular weight excluding hydrogens is 985 g/mol. The van der Waals surface area contributed by atoms with Gasteiger partial charge >= 0.3 is 26.8 Å². The van der Waals surface area contributed by atoms with Crippen LogP contribution in [-0.4, -0.2) is 210 Å². The van der Waals surface area contributed by atoms with E-state index >= 15 is 0 Å².